The molecule has 1 aliphatic rings. The molecule has 8 heteroatoms. The Kier molecular flexibility index (Phi) is 3.52. The number of rotatable bonds is 3. The number of nitrogens with one attached hydrogen (secondary N) is 1. The van der Waals surface area contributed by atoms with Crippen LogP contribution < -0.4 is 9.80 Å². The Balaban J connectivity index is 1.71. The summed E-state index contributed by atoms with van der Waals surface area (Å²) in [5, 5.41) is 10.3. The molecule has 0 amide bonds. The van der Waals surface area contributed by atoms with E-state index < -0.39 is 0 Å². The van der Waals surface area contributed by atoms with Crippen LogP contribution in [0.2, 0.25) is 0 Å². The van der Waals surface area contributed by atoms with Crippen molar-refractivity contribution in [2.24, 2.45) is 0 Å². The minimum atomic E-state index is 0.694. The summed E-state index contributed by atoms with van der Waals surface area (Å²) in [6, 6.07) is 0. The molecule has 0 saturated carbocycles. The Hall–Kier alpha value is -1.41. The molecule has 6 nitrogen and oxygen atoms in total. The lowest BCUT2D eigenvalue weighted by Crippen LogP contribution is -2.47. The van der Waals surface area contributed by atoms with Gasteiger partial charge in [-0.05, 0) is 19.1 Å². The van der Waals surface area contributed by atoms with Gasteiger partial charge in [-0.1, -0.05) is 0 Å². The van der Waals surface area contributed by atoms with Crippen molar-refractivity contribution < 1.29 is 0 Å². The topological polar surface area (TPSA) is 53.0 Å². The SMILES string of the molecule is CCn1c(N2CCN(c3nccs3)CC2)n[nH]c1=S. The number of aromatic nitrogens is 4. The lowest BCUT2D eigenvalue weighted by Gasteiger charge is -2.34. The third-order valence-electron chi connectivity index (χ3n) is 3.31. The van der Waals surface area contributed by atoms with E-state index in [4.69, 9.17) is 12.2 Å². The van der Waals surface area contributed by atoms with Crippen LogP contribution in [-0.4, -0.2) is 45.9 Å². The van der Waals surface area contributed by atoms with Crippen molar-refractivity contribution in [3.63, 3.8) is 0 Å². The van der Waals surface area contributed by atoms with Crippen molar-refractivity contribution in [2.45, 2.75) is 13.5 Å². The number of anilines is 2. The lowest BCUT2D eigenvalue weighted by molar-refractivity contribution is 0.616. The largest absolute Gasteiger partial charge is 0.345 e. The molecule has 0 bridgehead atoms. The van der Waals surface area contributed by atoms with Crippen LogP contribution >= 0.6 is 23.6 Å². The van der Waals surface area contributed by atoms with Gasteiger partial charge in [0, 0.05) is 44.3 Å². The molecule has 3 rings (SSSR count). The molecule has 2 aromatic heterocycles. The monoisotopic (exact) mass is 296 g/mol. The molecule has 1 aliphatic heterocycles. The van der Waals surface area contributed by atoms with Gasteiger partial charge in [0.25, 0.3) is 0 Å². The van der Waals surface area contributed by atoms with Crippen LogP contribution in [0.5, 0.6) is 0 Å². The number of aromatic amines is 1. The standard InChI is InChI=1S/C11H16N6S2/c1-2-17-9(13-14-10(17)18)15-4-6-16(7-5-15)11-12-3-8-19-11/h3,8H,2,4-7H2,1H3,(H,14,18). The smallest absolute Gasteiger partial charge is 0.225 e. The fourth-order valence-electron chi connectivity index (χ4n) is 2.31. The number of hydrogen-bond acceptors (Lipinski definition) is 6. The normalized spacial score (nSPS) is 16.1. The highest BCUT2D eigenvalue weighted by Crippen LogP contribution is 2.21. The molecular weight excluding hydrogens is 280 g/mol. The van der Waals surface area contributed by atoms with Gasteiger partial charge in [0.05, 0.1) is 0 Å². The van der Waals surface area contributed by atoms with Crippen molar-refractivity contribution in [2.75, 3.05) is 36.0 Å². The maximum Gasteiger partial charge on any atom is 0.225 e. The average molecular weight is 296 g/mol. The van der Waals surface area contributed by atoms with Gasteiger partial charge in [0.1, 0.15) is 0 Å². The van der Waals surface area contributed by atoms with Crippen molar-refractivity contribution in [3.8, 4) is 0 Å². The summed E-state index contributed by atoms with van der Waals surface area (Å²) >= 11 is 6.92. The second-order valence-electron chi connectivity index (χ2n) is 4.36. The summed E-state index contributed by atoms with van der Waals surface area (Å²) < 4.78 is 2.73. The molecule has 1 saturated heterocycles. The van der Waals surface area contributed by atoms with Crippen molar-refractivity contribution in [1.82, 2.24) is 19.7 Å². The summed E-state index contributed by atoms with van der Waals surface area (Å²) in [6.07, 6.45) is 1.86. The predicted molar refractivity (Wildman–Crippen MR) is 79.6 cm³/mol. The second kappa shape index (κ2) is 5.30. The van der Waals surface area contributed by atoms with Gasteiger partial charge in [-0.3, -0.25) is 4.57 Å². The molecular formula is C11H16N6S2. The van der Waals surface area contributed by atoms with Crippen LogP contribution in [0.15, 0.2) is 11.6 Å². The number of H-pyrrole nitrogens is 1. The number of hydrogen-bond donors (Lipinski definition) is 1. The second-order valence-corrected chi connectivity index (χ2v) is 5.62. The van der Waals surface area contributed by atoms with Crippen LogP contribution in [0.1, 0.15) is 6.92 Å². The van der Waals surface area contributed by atoms with Crippen LogP contribution in [-0.2, 0) is 6.54 Å². The van der Waals surface area contributed by atoms with E-state index >= 15 is 0 Å². The van der Waals surface area contributed by atoms with Crippen LogP contribution in [0, 0.1) is 4.77 Å². The summed E-state index contributed by atoms with van der Waals surface area (Å²) in [5.41, 5.74) is 0. The van der Waals surface area contributed by atoms with Gasteiger partial charge in [-0.15, -0.1) is 16.4 Å². The van der Waals surface area contributed by atoms with Crippen molar-refractivity contribution in [1.29, 1.82) is 0 Å². The fourth-order valence-corrected chi connectivity index (χ4v) is 3.26. The van der Waals surface area contributed by atoms with Gasteiger partial charge < -0.3 is 9.80 Å². The van der Waals surface area contributed by atoms with E-state index in [2.05, 4.69) is 31.9 Å². The van der Waals surface area contributed by atoms with Crippen LogP contribution in [0.3, 0.4) is 0 Å². The molecule has 1 N–H and O–H groups in total. The van der Waals surface area contributed by atoms with Gasteiger partial charge in [0.2, 0.25) is 5.95 Å². The summed E-state index contributed by atoms with van der Waals surface area (Å²) in [4.78, 5) is 8.95. The van der Waals surface area contributed by atoms with Gasteiger partial charge in [-0.2, -0.15) is 0 Å². The Morgan fingerprint density at radius 2 is 2.05 bits per heavy atom. The van der Waals surface area contributed by atoms with Crippen LogP contribution in [0.4, 0.5) is 11.1 Å². The zero-order valence-electron chi connectivity index (χ0n) is 10.7. The first kappa shape index (κ1) is 12.6. The zero-order chi connectivity index (χ0) is 13.2. The number of thiazole rings is 1. The van der Waals surface area contributed by atoms with Gasteiger partial charge in [-0.25, -0.2) is 10.1 Å². The minimum Gasteiger partial charge on any atom is -0.345 e. The van der Waals surface area contributed by atoms with E-state index in [9.17, 15) is 0 Å². The Labute approximate surface area is 120 Å². The molecule has 0 radical (unpaired) electrons. The van der Waals surface area contributed by atoms with E-state index in [0.717, 1.165) is 43.8 Å². The van der Waals surface area contributed by atoms with Crippen LogP contribution in [0.25, 0.3) is 0 Å². The maximum atomic E-state index is 5.23. The first-order chi connectivity index (χ1) is 9.29. The molecule has 0 aromatic carbocycles. The highest BCUT2D eigenvalue weighted by atomic mass is 32.1. The van der Waals surface area contributed by atoms with E-state index in [1.165, 1.54) is 0 Å². The molecule has 1 fully saturated rings. The van der Waals surface area contributed by atoms with E-state index in [0.29, 0.717) is 4.77 Å². The number of piperazine rings is 1. The summed E-state index contributed by atoms with van der Waals surface area (Å²) in [5.74, 6) is 0.950. The van der Waals surface area contributed by atoms with Crippen molar-refractivity contribution in [3.05, 3.63) is 16.3 Å². The average Bonchev–Trinajstić information content (AvgIpc) is 3.08. The molecule has 0 spiro atoms. The quantitative estimate of drug-likeness (QED) is 0.875. The first-order valence-electron chi connectivity index (χ1n) is 6.34. The highest BCUT2D eigenvalue weighted by Gasteiger charge is 2.22. The fraction of sp³-hybridized carbons (Fsp3) is 0.545. The molecule has 0 atom stereocenters. The molecule has 19 heavy (non-hydrogen) atoms. The van der Waals surface area contributed by atoms with Crippen molar-refractivity contribution >= 4 is 34.6 Å². The van der Waals surface area contributed by atoms with E-state index in [1.54, 1.807) is 11.3 Å². The van der Waals surface area contributed by atoms with Gasteiger partial charge >= 0.3 is 0 Å². The first-order valence-corrected chi connectivity index (χ1v) is 7.63. The van der Waals surface area contributed by atoms with Gasteiger partial charge in [0.15, 0.2) is 9.90 Å². The molecule has 3 heterocycles. The molecule has 0 unspecified atom stereocenters. The summed E-state index contributed by atoms with van der Waals surface area (Å²) in [7, 11) is 0. The molecule has 102 valence electrons. The Morgan fingerprint density at radius 3 is 2.68 bits per heavy atom. The minimum absolute atomic E-state index is 0.694. The zero-order valence-corrected chi connectivity index (χ0v) is 12.4. The highest BCUT2D eigenvalue weighted by molar-refractivity contribution is 7.71. The number of nitrogens with zero attached hydrogens (tertiary/aromatic N) is 5. The Morgan fingerprint density at radius 1 is 1.32 bits per heavy atom. The summed E-state index contributed by atoms with van der Waals surface area (Å²) in [6.45, 7) is 6.75. The maximum absolute atomic E-state index is 5.23. The molecule has 2 aromatic rings. The molecule has 0 aliphatic carbocycles. The third kappa shape index (κ3) is 2.37. The predicted octanol–water partition coefficient (Wildman–Crippen LogP) is 1.74. The van der Waals surface area contributed by atoms with E-state index in [-0.39, 0.29) is 0 Å². The lowest BCUT2D eigenvalue weighted by atomic mass is 10.3. The van der Waals surface area contributed by atoms with E-state index in [1.807, 2.05) is 16.1 Å². The third-order valence-corrected chi connectivity index (χ3v) is 4.45. The Bertz CT molecular complexity index is 579.